The molecule has 118 valence electrons. The molecule has 1 aromatic carbocycles. The van der Waals surface area contributed by atoms with Crippen LogP contribution < -0.4 is 10.2 Å². The molecule has 1 N–H and O–H groups in total. The van der Waals surface area contributed by atoms with Crippen molar-refractivity contribution in [3.8, 4) is 0 Å². The summed E-state index contributed by atoms with van der Waals surface area (Å²) in [6.07, 6.45) is 2.71. The third kappa shape index (κ3) is 5.28. The van der Waals surface area contributed by atoms with Gasteiger partial charge in [0.25, 0.3) is 0 Å². The Morgan fingerprint density at radius 2 is 2.19 bits per heavy atom. The zero-order valence-electron chi connectivity index (χ0n) is 13.4. The number of benzene rings is 1. The van der Waals surface area contributed by atoms with Crippen LogP contribution in [0.2, 0.25) is 0 Å². The van der Waals surface area contributed by atoms with Crippen LogP contribution in [-0.2, 0) is 4.74 Å². The Labute approximate surface area is 137 Å². The number of rotatable bonds is 9. The second-order valence-corrected chi connectivity index (χ2v) is 6.84. The number of ether oxygens (including phenoxy) is 1. The predicted octanol–water partition coefficient (Wildman–Crippen LogP) is 3.98. The van der Waals surface area contributed by atoms with Crippen LogP contribution in [-0.4, -0.2) is 33.4 Å². The van der Waals surface area contributed by atoms with E-state index in [0.29, 0.717) is 6.04 Å². The summed E-state index contributed by atoms with van der Waals surface area (Å²) in [6, 6.07) is 6.87. The van der Waals surface area contributed by atoms with Crippen molar-refractivity contribution < 1.29 is 4.74 Å². The van der Waals surface area contributed by atoms with Crippen molar-refractivity contribution in [1.29, 1.82) is 0 Å². The Morgan fingerprint density at radius 1 is 1.43 bits per heavy atom. The molecule has 2 rings (SSSR count). The molecule has 1 aromatic rings. The molecule has 1 aliphatic carbocycles. The lowest BCUT2D eigenvalue weighted by atomic mass is 10.1. The van der Waals surface area contributed by atoms with Crippen molar-refractivity contribution >= 4 is 21.6 Å². The topological polar surface area (TPSA) is 24.5 Å². The van der Waals surface area contributed by atoms with Crippen molar-refractivity contribution in [2.24, 2.45) is 5.92 Å². The van der Waals surface area contributed by atoms with Crippen LogP contribution in [0.4, 0.5) is 5.69 Å². The fraction of sp³-hybridized carbons (Fsp3) is 0.647. The Bertz CT molecular complexity index is 448. The van der Waals surface area contributed by atoms with Gasteiger partial charge in [0.2, 0.25) is 0 Å². The van der Waals surface area contributed by atoms with Crippen molar-refractivity contribution in [2.75, 3.05) is 38.3 Å². The van der Waals surface area contributed by atoms with Gasteiger partial charge in [-0.25, -0.2) is 0 Å². The molecular formula is C17H27BrN2O. The van der Waals surface area contributed by atoms with Crippen LogP contribution in [0, 0.1) is 5.92 Å². The molecular weight excluding hydrogens is 328 g/mol. The largest absolute Gasteiger partial charge is 0.379 e. The van der Waals surface area contributed by atoms with Crippen LogP contribution in [0.5, 0.6) is 0 Å². The highest BCUT2D eigenvalue weighted by Gasteiger charge is 2.21. The van der Waals surface area contributed by atoms with Gasteiger partial charge in [-0.1, -0.05) is 28.9 Å². The standard InChI is InChI=1S/C17H27BrN2O/c1-4-19-13(2)16-8-7-15(18)11-17(16)20(3)9-10-21-12-14-5-6-14/h7-8,11,13-14,19H,4-6,9-10,12H2,1-3H3. The monoisotopic (exact) mass is 354 g/mol. The normalized spacial score (nSPS) is 16.0. The number of hydrogen-bond donors (Lipinski definition) is 1. The fourth-order valence-electron chi connectivity index (χ4n) is 2.49. The average Bonchev–Trinajstić information content (AvgIpc) is 3.27. The van der Waals surface area contributed by atoms with Crippen LogP contribution >= 0.6 is 15.9 Å². The van der Waals surface area contributed by atoms with E-state index in [-0.39, 0.29) is 0 Å². The van der Waals surface area contributed by atoms with Gasteiger partial charge in [-0.05, 0) is 49.9 Å². The number of likely N-dealkylation sites (N-methyl/N-ethyl adjacent to an activating group) is 1. The highest BCUT2D eigenvalue weighted by molar-refractivity contribution is 9.10. The van der Waals surface area contributed by atoms with E-state index in [4.69, 9.17) is 4.74 Å². The molecule has 1 fully saturated rings. The molecule has 0 spiro atoms. The zero-order chi connectivity index (χ0) is 15.2. The molecule has 1 unspecified atom stereocenters. The van der Waals surface area contributed by atoms with Crippen molar-refractivity contribution in [3.05, 3.63) is 28.2 Å². The Morgan fingerprint density at radius 3 is 2.86 bits per heavy atom. The van der Waals surface area contributed by atoms with Crippen LogP contribution in [0.25, 0.3) is 0 Å². The molecule has 0 aliphatic heterocycles. The van der Waals surface area contributed by atoms with Gasteiger partial charge in [0.15, 0.2) is 0 Å². The minimum Gasteiger partial charge on any atom is -0.379 e. The maximum absolute atomic E-state index is 5.76. The molecule has 21 heavy (non-hydrogen) atoms. The van der Waals surface area contributed by atoms with Gasteiger partial charge < -0.3 is 15.0 Å². The van der Waals surface area contributed by atoms with E-state index in [0.717, 1.165) is 36.7 Å². The lowest BCUT2D eigenvalue weighted by Gasteiger charge is -2.26. The van der Waals surface area contributed by atoms with Gasteiger partial charge >= 0.3 is 0 Å². The first kappa shape index (κ1) is 16.8. The van der Waals surface area contributed by atoms with E-state index in [2.05, 4.69) is 65.2 Å². The maximum Gasteiger partial charge on any atom is 0.0641 e. The van der Waals surface area contributed by atoms with Gasteiger partial charge in [0.1, 0.15) is 0 Å². The second kappa shape index (κ2) is 8.16. The highest BCUT2D eigenvalue weighted by atomic mass is 79.9. The Balaban J connectivity index is 1.95. The summed E-state index contributed by atoms with van der Waals surface area (Å²) in [5, 5.41) is 3.49. The molecule has 1 saturated carbocycles. The Kier molecular flexibility index (Phi) is 6.52. The fourth-order valence-corrected chi connectivity index (χ4v) is 2.84. The van der Waals surface area contributed by atoms with Crippen LogP contribution in [0.1, 0.15) is 38.3 Å². The zero-order valence-corrected chi connectivity index (χ0v) is 14.9. The van der Waals surface area contributed by atoms with Crippen molar-refractivity contribution in [3.63, 3.8) is 0 Å². The van der Waals surface area contributed by atoms with E-state index in [9.17, 15) is 0 Å². The minimum absolute atomic E-state index is 0.355. The molecule has 0 bridgehead atoms. The van der Waals surface area contributed by atoms with Crippen LogP contribution in [0.15, 0.2) is 22.7 Å². The molecule has 3 nitrogen and oxygen atoms in total. The van der Waals surface area contributed by atoms with Gasteiger partial charge in [-0.3, -0.25) is 0 Å². The average molecular weight is 355 g/mol. The van der Waals surface area contributed by atoms with E-state index >= 15 is 0 Å². The van der Waals surface area contributed by atoms with Gasteiger partial charge in [0.05, 0.1) is 6.61 Å². The second-order valence-electron chi connectivity index (χ2n) is 5.92. The minimum atomic E-state index is 0.355. The molecule has 1 aliphatic rings. The van der Waals surface area contributed by atoms with E-state index in [1.165, 1.54) is 24.1 Å². The molecule has 0 amide bonds. The van der Waals surface area contributed by atoms with E-state index in [1.54, 1.807) is 0 Å². The third-order valence-corrected chi connectivity index (χ3v) is 4.50. The molecule has 0 saturated heterocycles. The quantitative estimate of drug-likeness (QED) is 0.678. The summed E-state index contributed by atoms with van der Waals surface area (Å²) in [5.74, 6) is 0.838. The molecule has 4 heteroatoms. The van der Waals surface area contributed by atoms with E-state index in [1.807, 2.05) is 0 Å². The first-order chi connectivity index (χ1) is 10.1. The summed E-state index contributed by atoms with van der Waals surface area (Å²) in [4.78, 5) is 2.29. The molecule has 0 heterocycles. The van der Waals surface area contributed by atoms with Gasteiger partial charge in [-0.15, -0.1) is 0 Å². The first-order valence-electron chi connectivity index (χ1n) is 7.93. The maximum atomic E-state index is 5.76. The number of nitrogens with zero attached hydrogens (tertiary/aromatic N) is 1. The Hall–Kier alpha value is -0.580. The number of halogens is 1. The SMILES string of the molecule is CCNC(C)c1ccc(Br)cc1N(C)CCOCC1CC1. The third-order valence-electron chi connectivity index (χ3n) is 4.00. The molecule has 1 atom stereocenters. The van der Waals surface area contributed by atoms with Crippen LogP contribution in [0.3, 0.4) is 0 Å². The van der Waals surface area contributed by atoms with Crippen molar-refractivity contribution in [2.45, 2.75) is 32.7 Å². The summed E-state index contributed by atoms with van der Waals surface area (Å²) in [6.45, 7) is 8.00. The van der Waals surface area contributed by atoms with Gasteiger partial charge in [-0.2, -0.15) is 0 Å². The number of nitrogens with one attached hydrogen (secondary N) is 1. The van der Waals surface area contributed by atoms with E-state index < -0.39 is 0 Å². The summed E-state index contributed by atoms with van der Waals surface area (Å²) < 4.78 is 6.88. The lowest BCUT2D eigenvalue weighted by molar-refractivity contribution is 0.131. The first-order valence-corrected chi connectivity index (χ1v) is 8.72. The van der Waals surface area contributed by atoms with Crippen molar-refractivity contribution in [1.82, 2.24) is 5.32 Å². The molecule has 0 aromatic heterocycles. The predicted molar refractivity (Wildman–Crippen MR) is 93.0 cm³/mol. The summed E-state index contributed by atoms with van der Waals surface area (Å²) in [7, 11) is 2.14. The number of hydrogen-bond acceptors (Lipinski definition) is 3. The number of anilines is 1. The lowest BCUT2D eigenvalue weighted by Crippen LogP contribution is -2.26. The van der Waals surface area contributed by atoms with Gasteiger partial charge in [0, 0.05) is 36.4 Å². The highest BCUT2D eigenvalue weighted by Crippen LogP contribution is 2.30. The summed E-state index contributed by atoms with van der Waals surface area (Å²) in [5.41, 5.74) is 2.61. The summed E-state index contributed by atoms with van der Waals surface area (Å²) >= 11 is 3.58. The molecule has 0 radical (unpaired) electrons. The smallest absolute Gasteiger partial charge is 0.0641 e.